The monoisotopic (exact) mass is 445 g/mol. The number of hydrogen-bond acceptors (Lipinski definition) is 2. The fourth-order valence-corrected chi connectivity index (χ4v) is 7.05. The first-order valence-electron chi connectivity index (χ1n) is 10.9. The summed E-state index contributed by atoms with van der Waals surface area (Å²) < 4.78 is 28.5. The van der Waals surface area contributed by atoms with Crippen molar-refractivity contribution in [2.75, 3.05) is 0 Å². The molecule has 2 heterocycles. The summed E-state index contributed by atoms with van der Waals surface area (Å²) in [6.45, 7) is 0. The van der Waals surface area contributed by atoms with E-state index in [1.54, 1.807) is 12.1 Å². The van der Waals surface area contributed by atoms with Crippen LogP contribution < -0.4 is 0 Å². The lowest BCUT2D eigenvalue weighted by Crippen LogP contribution is -1.96. The van der Waals surface area contributed by atoms with Gasteiger partial charge in [0, 0.05) is 40.0 Å². The molecule has 0 aliphatic carbocycles. The van der Waals surface area contributed by atoms with E-state index in [1.807, 2.05) is 30.3 Å². The van der Waals surface area contributed by atoms with Crippen molar-refractivity contribution < 1.29 is 8.42 Å². The zero-order chi connectivity index (χ0) is 22.3. The standard InChI is InChI=1S/C29H19NO2S/c1-30-25-15-12-18-6-2-3-7-21(18)29(25)24-14-11-19(16-26(24)30)20-10-13-23-22-8-4-5-9-27(22)33(31,32)28(23)17-20/h2-17H,1H3. The van der Waals surface area contributed by atoms with Crippen molar-refractivity contribution in [3.05, 3.63) is 97.1 Å². The van der Waals surface area contributed by atoms with E-state index in [2.05, 4.69) is 66.2 Å². The summed E-state index contributed by atoms with van der Waals surface area (Å²) >= 11 is 0. The SMILES string of the molecule is Cn1c2cc(-c3ccc4c(c3)S(=O)(=O)c3ccccc3-4)ccc2c2c3ccccc3ccc21. The molecule has 1 aliphatic heterocycles. The first-order valence-corrected chi connectivity index (χ1v) is 12.4. The number of rotatable bonds is 1. The topological polar surface area (TPSA) is 39.1 Å². The second-order valence-corrected chi connectivity index (χ2v) is 10.6. The zero-order valence-corrected chi connectivity index (χ0v) is 18.7. The van der Waals surface area contributed by atoms with Gasteiger partial charge in [-0.3, -0.25) is 0 Å². The third-order valence-electron chi connectivity index (χ3n) is 6.97. The van der Waals surface area contributed by atoms with Gasteiger partial charge in [-0.25, -0.2) is 8.42 Å². The third-order valence-corrected chi connectivity index (χ3v) is 8.82. The fraction of sp³-hybridized carbons (Fsp3) is 0.0345. The van der Waals surface area contributed by atoms with Crippen molar-refractivity contribution in [2.45, 2.75) is 9.79 Å². The molecule has 0 saturated carbocycles. The van der Waals surface area contributed by atoms with Crippen molar-refractivity contribution in [1.82, 2.24) is 4.57 Å². The fourth-order valence-electron chi connectivity index (χ4n) is 5.34. The van der Waals surface area contributed by atoms with E-state index in [4.69, 9.17) is 0 Å². The van der Waals surface area contributed by atoms with Crippen LogP contribution in [0.3, 0.4) is 0 Å². The molecule has 33 heavy (non-hydrogen) atoms. The van der Waals surface area contributed by atoms with Gasteiger partial charge in [-0.2, -0.15) is 0 Å². The van der Waals surface area contributed by atoms with Crippen LogP contribution in [0.2, 0.25) is 0 Å². The van der Waals surface area contributed by atoms with Crippen LogP contribution in [-0.2, 0) is 16.9 Å². The largest absolute Gasteiger partial charge is 0.344 e. The molecule has 1 aliphatic rings. The average molecular weight is 446 g/mol. The molecular weight excluding hydrogens is 426 g/mol. The van der Waals surface area contributed by atoms with E-state index in [9.17, 15) is 8.42 Å². The minimum atomic E-state index is -3.50. The lowest BCUT2D eigenvalue weighted by atomic mass is 9.98. The van der Waals surface area contributed by atoms with Crippen LogP contribution in [0.25, 0.3) is 54.8 Å². The van der Waals surface area contributed by atoms with E-state index in [0.29, 0.717) is 9.79 Å². The summed E-state index contributed by atoms with van der Waals surface area (Å²) in [7, 11) is -1.41. The summed E-state index contributed by atoms with van der Waals surface area (Å²) in [4.78, 5) is 0.789. The number of aryl methyl sites for hydroxylation is 1. The predicted octanol–water partition coefficient (Wildman–Crippen LogP) is 6.96. The van der Waals surface area contributed by atoms with E-state index < -0.39 is 9.84 Å². The Hall–Kier alpha value is -3.89. The summed E-state index contributed by atoms with van der Waals surface area (Å²) in [5.74, 6) is 0. The highest BCUT2D eigenvalue weighted by atomic mass is 32.2. The van der Waals surface area contributed by atoms with Crippen LogP contribution in [0.4, 0.5) is 0 Å². The minimum absolute atomic E-state index is 0.393. The molecule has 0 radical (unpaired) electrons. The van der Waals surface area contributed by atoms with E-state index in [0.717, 1.165) is 27.8 Å². The molecule has 0 saturated heterocycles. The van der Waals surface area contributed by atoms with Gasteiger partial charge in [-0.05, 0) is 46.2 Å². The van der Waals surface area contributed by atoms with Crippen LogP contribution >= 0.6 is 0 Å². The number of benzene rings is 5. The second-order valence-electron chi connectivity index (χ2n) is 8.68. The maximum Gasteiger partial charge on any atom is 0.207 e. The Morgan fingerprint density at radius 3 is 2.24 bits per heavy atom. The molecule has 4 heteroatoms. The van der Waals surface area contributed by atoms with Gasteiger partial charge in [0.2, 0.25) is 9.84 Å². The molecule has 0 fully saturated rings. The Morgan fingerprint density at radius 1 is 0.606 bits per heavy atom. The molecule has 0 unspecified atom stereocenters. The minimum Gasteiger partial charge on any atom is -0.344 e. The van der Waals surface area contributed by atoms with E-state index in [-0.39, 0.29) is 0 Å². The molecule has 0 amide bonds. The predicted molar refractivity (Wildman–Crippen MR) is 134 cm³/mol. The Balaban J connectivity index is 1.46. The Labute approximate surface area is 191 Å². The van der Waals surface area contributed by atoms with Crippen LogP contribution in [0, 0.1) is 0 Å². The van der Waals surface area contributed by atoms with Crippen molar-refractivity contribution in [1.29, 1.82) is 0 Å². The molecule has 3 nitrogen and oxygen atoms in total. The lowest BCUT2D eigenvalue weighted by Gasteiger charge is -2.07. The van der Waals surface area contributed by atoms with Crippen molar-refractivity contribution >= 4 is 42.4 Å². The molecule has 5 aromatic carbocycles. The van der Waals surface area contributed by atoms with Crippen molar-refractivity contribution in [2.24, 2.45) is 7.05 Å². The van der Waals surface area contributed by atoms with Gasteiger partial charge < -0.3 is 4.57 Å². The molecule has 6 aromatic rings. The average Bonchev–Trinajstić information content (AvgIpc) is 3.27. The zero-order valence-electron chi connectivity index (χ0n) is 17.9. The van der Waals surface area contributed by atoms with Gasteiger partial charge in [0.05, 0.1) is 9.79 Å². The first kappa shape index (κ1) is 18.7. The maximum atomic E-state index is 13.2. The molecule has 1 aromatic heterocycles. The third kappa shape index (κ3) is 2.41. The normalized spacial score (nSPS) is 14.1. The Kier molecular flexibility index (Phi) is 3.58. The highest BCUT2D eigenvalue weighted by molar-refractivity contribution is 7.92. The number of aromatic nitrogens is 1. The number of fused-ring (bicyclic) bond motifs is 8. The van der Waals surface area contributed by atoms with Gasteiger partial charge in [0.15, 0.2) is 0 Å². The van der Waals surface area contributed by atoms with Crippen LogP contribution in [0.15, 0.2) is 107 Å². The quantitative estimate of drug-likeness (QED) is 0.274. The van der Waals surface area contributed by atoms with E-state index in [1.165, 1.54) is 27.1 Å². The Bertz CT molecular complexity index is 1890. The smallest absolute Gasteiger partial charge is 0.207 e. The molecule has 0 spiro atoms. The van der Waals surface area contributed by atoms with Crippen molar-refractivity contribution in [3.63, 3.8) is 0 Å². The summed E-state index contributed by atoms with van der Waals surface area (Å²) in [6, 6.07) is 32.3. The number of nitrogens with zero attached hydrogens (tertiary/aromatic N) is 1. The molecule has 158 valence electrons. The lowest BCUT2D eigenvalue weighted by molar-refractivity contribution is 0.598. The second kappa shape index (κ2) is 6.33. The van der Waals surface area contributed by atoms with Gasteiger partial charge in [-0.1, -0.05) is 72.8 Å². The summed E-state index contributed by atoms with van der Waals surface area (Å²) in [5.41, 5.74) is 5.80. The summed E-state index contributed by atoms with van der Waals surface area (Å²) in [6.07, 6.45) is 0. The van der Waals surface area contributed by atoms with Crippen LogP contribution in [0.1, 0.15) is 0 Å². The highest BCUT2D eigenvalue weighted by Gasteiger charge is 2.32. The molecule has 7 rings (SSSR count). The Morgan fingerprint density at radius 2 is 1.33 bits per heavy atom. The number of hydrogen-bond donors (Lipinski definition) is 0. The highest BCUT2D eigenvalue weighted by Crippen LogP contribution is 2.45. The summed E-state index contributed by atoms with van der Waals surface area (Å²) in [5, 5.41) is 4.93. The van der Waals surface area contributed by atoms with Gasteiger partial charge in [0.1, 0.15) is 0 Å². The van der Waals surface area contributed by atoms with Gasteiger partial charge in [0.25, 0.3) is 0 Å². The first-order chi connectivity index (χ1) is 16.0. The molecule has 0 atom stereocenters. The number of sulfone groups is 1. The molecular formula is C29H19NO2S. The van der Waals surface area contributed by atoms with Crippen molar-refractivity contribution in [3.8, 4) is 22.3 Å². The molecule has 0 bridgehead atoms. The van der Waals surface area contributed by atoms with Gasteiger partial charge >= 0.3 is 0 Å². The van der Waals surface area contributed by atoms with Gasteiger partial charge in [-0.15, -0.1) is 0 Å². The van der Waals surface area contributed by atoms with E-state index >= 15 is 0 Å². The molecule has 0 N–H and O–H groups in total. The van der Waals surface area contributed by atoms with Crippen LogP contribution in [-0.4, -0.2) is 13.0 Å². The maximum absolute atomic E-state index is 13.2. The van der Waals surface area contributed by atoms with Crippen LogP contribution in [0.5, 0.6) is 0 Å².